The lowest BCUT2D eigenvalue weighted by Gasteiger charge is -2.23. The molecule has 0 bridgehead atoms. The molecule has 18 heavy (non-hydrogen) atoms. The van der Waals surface area contributed by atoms with E-state index in [-0.39, 0.29) is 6.04 Å². The van der Waals surface area contributed by atoms with Gasteiger partial charge in [0, 0.05) is 18.7 Å². The second-order valence-corrected chi connectivity index (χ2v) is 4.52. The summed E-state index contributed by atoms with van der Waals surface area (Å²) < 4.78 is 1.98. The Kier molecular flexibility index (Phi) is 4.15. The van der Waals surface area contributed by atoms with Crippen LogP contribution in [0.4, 0.5) is 0 Å². The molecular formula is C15H21N3. The van der Waals surface area contributed by atoms with Crippen molar-refractivity contribution in [1.82, 2.24) is 9.78 Å². The molecule has 96 valence electrons. The summed E-state index contributed by atoms with van der Waals surface area (Å²) in [6.07, 6.45) is 2.86. The average Bonchev–Trinajstić information content (AvgIpc) is 2.89. The van der Waals surface area contributed by atoms with Gasteiger partial charge in [0.05, 0.1) is 11.7 Å². The zero-order valence-corrected chi connectivity index (χ0v) is 11.1. The van der Waals surface area contributed by atoms with Crippen LogP contribution in [0.1, 0.15) is 43.5 Å². The highest BCUT2D eigenvalue weighted by molar-refractivity contribution is 5.24. The molecule has 0 radical (unpaired) electrons. The molecule has 1 aromatic carbocycles. The molecule has 1 aromatic heterocycles. The van der Waals surface area contributed by atoms with Crippen molar-refractivity contribution in [2.75, 3.05) is 0 Å². The van der Waals surface area contributed by atoms with E-state index in [1.165, 1.54) is 5.56 Å². The lowest BCUT2D eigenvalue weighted by atomic mass is 9.88. The molecule has 0 spiro atoms. The van der Waals surface area contributed by atoms with Crippen LogP contribution in [0.15, 0.2) is 42.6 Å². The van der Waals surface area contributed by atoms with Gasteiger partial charge in [-0.05, 0) is 25.0 Å². The second-order valence-electron chi connectivity index (χ2n) is 4.52. The molecule has 2 rings (SSSR count). The first kappa shape index (κ1) is 12.8. The fourth-order valence-corrected chi connectivity index (χ4v) is 2.49. The Labute approximate surface area is 109 Å². The van der Waals surface area contributed by atoms with Crippen LogP contribution < -0.4 is 5.73 Å². The molecule has 0 aliphatic rings. The normalized spacial score (nSPS) is 14.4. The van der Waals surface area contributed by atoms with Crippen molar-refractivity contribution in [2.45, 2.75) is 38.8 Å². The fraction of sp³-hybridized carbons (Fsp3) is 0.400. The SMILES string of the molecule is CCC(c1ccccc1)C(N)c1ccnn1CC. The Hall–Kier alpha value is -1.61. The van der Waals surface area contributed by atoms with Gasteiger partial charge >= 0.3 is 0 Å². The summed E-state index contributed by atoms with van der Waals surface area (Å²) in [5.41, 5.74) is 8.86. The summed E-state index contributed by atoms with van der Waals surface area (Å²) in [6, 6.07) is 12.5. The number of nitrogens with two attached hydrogens (primary N) is 1. The zero-order chi connectivity index (χ0) is 13.0. The number of aryl methyl sites for hydroxylation is 1. The molecule has 0 aliphatic heterocycles. The highest BCUT2D eigenvalue weighted by atomic mass is 15.3. The van der Waals surface area contributed by atoms with Gasteiger partial charge in [-0.1, -0.05) is 37.3 Å². The molecule has 0 saturated carbocycles. The zero-order valence-electron chi connectivity index (χ0n) is 11.1. The van der Waals surface area contributed by atoms with E-state index in [0.29, 0.717) is 5.92 Å². The molecule has 0 aliphatic carbocycles. The average molecular weight is 243 g/mol. The Morgan fingerprint density at radius 3 is 2.50 bits per heavy atom. The van der Waals surface area contributed by atoms with Gasteiger partial charge in [0.2, 0.25) is 0 Å². The summed E-state index contributed by atoms with van der Waals surface area (Å²) in [5, 5.41) is 4.30. The molecule has 2 atom stereocenters. The van der Waals surface area contributed by atoms with Crippen LogP contribution in [0.2, 0.25) is 0 Å². The fourth-order valence-electron chi connectivity index (χ4n) is 2.49. The molecule has 1 heterocycles. The minimum atomic E-state index is -0.000139. The van der Waals surface area contributed by atoms with Crippen LogP contribution >= 0.6 is 0 Å². The summed E-state index contributed by atoms with van der Waals surface area (Å²) >= 11 is 0. The molecule has 0 amide bonds. The van der Waals surface area contributed by atoms with Crippen molar-refractivity contribution >= 4 is 0 Å². The highest BCUT2D eigenvalue weighted by Gasteiger charge is 2.22. The molecule has 3 nitrogen and oxygen atoms in total. The van der Waals surface area contributed by atoms with Gasteiger partial charge in [0.1, 0.15) is 0 Å². The van der Waals surface area contributed by atoms with Crippen LogP contribution in [0.3, 0.4) is 0 Å². The maximum Gasteiger partial charge on any atom is 0.0557 e. The molecule has 0 fully saturated rings. The van der Waals surface area contributed by atoms with Crippen molar-refractivity contribution in [2.24, 2.45) is 5.73 Å². The topological polar surface area (TPSA) is 43.8 Å². The minimum absolute atomic E-state index is 0.000139. The third kappa shape index (κ3) is 2.46. The maximum atomic E-state index is 6.44. The quantitative estimate of drug-likeness (QED) is 0.877. The Bertz CT molecular complexity index is 475. The van der Waals surface area contributed by atoms with Crippen molar-refractivity contribution in [3.63, 3.8) is 0 Å². The first-order valence-electron chi connectivity index (χ1n) is 6.60. The summed E-state index contributed by atoms with van der Waals surface area (Å²) in [5.74, 6) is 0.341. The molecule has 0 saturated heterocycles. The van der Waals surface area contributed by atoms with Crippen molar-refractivity contribution in [3.05, 3.63) is 53.9 Å². The lowest BCUT2D eigenvalue weighted by molar-refractivity contribution is 0.488. The largest absolute Gasteiger partial charge is 0.322 e. The molecule has 3 heteroatoms. The van der Waals surface area contributed by atoms with Crippen LogP contribution in [0.5, 0.6) is 0 Å². The lowest BCUT2D eigenvalue weighted by Crippen LogP contribution is -2.22. The van der Waals surface area contributed by atoms with Crippen LogP contribution in [0.25, 0.3) is 0 Å². The Morgan fingerprint density at radius 2 is 1.89 bits per heavy atom. The molecule has 2 N–H and O–H groups in total. The van der Waals surface area contributed by atoms with Crippen molar-refractivity contribution < 1.29 is 0 Å². The summed E-state index contributed by atoms with van der Waals surface area (Å²) in [6.45, 7) is 5.14. The summed E-state index contributed by atoms with van der Waals surface area (Å²) in [7, 11) is 0. The predicted octanol–water partition coefficient (Wildman–Crippen LogP) is 3.10. The smallest absolute Gasteiger partial charge is 0.0557 e. The van der Waals surface area contributed by atoms with E-state index in [1.54, 1.807) is 0 Å². The van der Waals surface area contributed by atoms with E-state index in [1.807, 2.05) is 23.0 Å². The van der Waals surface area contributed by atoms with Crippen LogP contribution in [0, 0.1) is 0 Å². The number of hydrogen-bond donors (Lipinski definition) is 1. The van der Waals surface area contributed by atoms with E-state index >= 15 is 0 Å². The summed E-state index contributed by atoms with van der Waals surface area (Å²) in [4.78, 5) is 0. The van der Waals surface area contributed by atoms with Crippen molar-refractivity contribution in [1.29, 1.82) is 0 Å². The van der Waals surface area contributed by atoms with Gasteiger partial charge in [0.15, 0.2) is 0 Å². The van der Waals surface area contributed by atoms with Gasteiger partial charge in [-0.15, -0.1) is 0 Å². The molecule has 2 aromatic rings. The molecule has 2 unspecified atom stereocenters. The minimum Gasteiger partial charge on any atom is -0.322 e. The standard InChI is InChI=1S/C15H21N3/c1-3-13(12-8-6-5-7-9-12)15(16)14-10-11-17-18(14)4-2/h5-11,13,15H,3-4,16H2,1-2H3. The number of rotatable bonds is 5. The number of nitrogens with zero attached hydrogens (tertiary/aromatic N) is 2. The van der Waals surface area contributed by atoms with E-state index in [2.05, 4.69) is 43.2 Å². The number of aromatic nitrogens is 2. The second kappa shape index (κ2) is 5.83. The van der Waals surface area contributed by atoms with E-state index in [4.69, 9.17) is 5.73 Å². The van der Waals surface area contributed by atoms with Gasteiger partial charge in [0.25, 0.3) is 0 Å². The van der Waals surface area contributed by atoms with E-state index in [9.17, 15) is 0 Å². The van der Waals surface area contributed by atoms with Gasteiger partial charge in [-0.25, -0.2) is 0 Å². The van der Waals surface area contributed by atoms with Crippen LogP contribution in [-0.2, 0) is 6.54 Å². The van der Waals surface area contributed by atoms with E-state index < -0.39 is 0 Å². The highest BCUT2D eigenvalue weighted by Crippen LogP contribution is 2.31. The Morgan fingerprint density at radius 1 is 1.17 bits per heavy atom. The first-order valence-corrected chi connectivity index (χ1v) is 6.60. The third-order valence-electron chi connectivity index (χ3n) is 3.49. The number of hydrogen-bond acceptors (Lipinski definition) is 2. The monoisotopic (exact) mass is 243 g/mol. The number of benzene rings is 1. The van der Waals surface area contributed by atoms with Gasteiger partial charge < -0.3 is 5.73 Å². The first-order chi connectivity index (χ1) is 8.77. The third-order valence-corrected chi connectivity index (χ3v) is 3.49. The van der Waals surface area contributed by atoms with Crippen molar-refractivity contribution in [3.8, 4) is 0 Å². The maximum absolute atomic E-state index is 6.44. The van der Waals surface area contributed by atoms with Crippen LogP contribution in [-0.4, -0.2) is 9.78 Å². The van der Waals surface area contributed by atoms with E-state index in [0.717, 1.165) is 18.7 Å². The Balaban J connectivity index is 2.28. The van der Waals surface area contributed by atoms with Gasteiger partial charge in [-0.3, -0.25) is 4.68 Å². The molecular weight excluding hydrogens is 222 g/mol. The predicted molar refractivity (Wildman–Crippen MR) is 74.3 cm³/mol. The van der Waals surface area contributed by atoms with Gasteiger partial charge in [-0.2, -0.15) is 5.10 Å².